The maximum atomic E-state index is 13.4. The van der Waals surface area contributed by atoms with Gasteiger partial charge >= 0.3 is 0 Å². The molecule has 5 heteroatoms. The highest BCUT2D eigenvalue weighted by atomic mass is 33.1. The average molecular weight is 713 g/mol. The van der Waals surface area contributed by atoms with Gasteiger partial charge in [-0.05, 0) is 160 Å². The van der Waals surface area contributed by atoms with Crippen LogP contribution in [0.4, 0.5) is 0 Å². The third kappa shape index (κ3) is 8.82. The molecule has 5 saturated carbocycles. The van der Waals surface area contributed by atoms with E-state index in [1.165, 1.54) is 96.3 Å². The lowest BCUT2D eigenvalue weighted by Gasteiger charge is -2.58. The van der Waals surface area contributed by atoms with Crippen molar-refractivity contribution in [2.75, 3.05) is 18.8 Å². The molecule has 0 aromatic heterocycles. The Bertz CT molecular complexity index is 1090. The molecule has 0 aliphatic heterocycles. The highest BCUT2D eigenvalue weighted by Gasteiger charge is 2.58. The van der Waals surface area contributed by atoms with E-state index < -0.39 is 0 Å². The molecule has 8 unspecified atom stereocenters. The monoisotopic (exact) mass is 713 g/mol. The molecule has 0 radical (unpaired) electrons. The second-order valence-electron chi connectivity index (χ2n) is 19.5. The predicted octanol–water partition coefficient (Wildman–Crippen LogP) is 12.0. The maximum absolute atomic E-state index is 13.4. The lowest BCUT2D eigenvalue weighted by atomic mass is 9.47. The molecule has 6 aliphatic carbocycles. The lowest BCUT2D eigenvalue weighted by molar-refractivity contribution is -0.131. The molecule has 1 amide bonds. The number of carbonyl (C=O) groups excluding carboxylic acids is 1. The van der Waals surface area contributed by atoms with Crippen molar-refractivity contribution < 1.29 is 4.79 Å². The molecule has 3 nitrogen and oxygen atoms in total. The van der Waals surface area contributed by atoms with Crippen molar-refractivity contribution in [3.63, 3.8) is 0 Å². The summed E-state index contributed by atoms with van der Waals surface area (Å²) in [5.74, 6) is 9.38. The van der Waals surface area contributed by atoms with Crippen LogP contribution in [-0.4, -0.2) is 40.9 Å². The predicted molar refractivity (Wildman–Crippen MR) is 215 cm³/mol. The summed E-state index contributed by atoms with van der Waals surface area (Å²) < 4.78 is 0. The Balaban J connectivity index is 0.950. The van der Waals surface area contributed by atoms with Crippen molar-refractivity contribution in [3.8, 4) is 0 Å². The van der Waals surface area contributed by atoms with E-state index >= 15 is 0 Å². The summed E-state index contributed by atoms with van der Waals surface area (Å²) in [6.45, 7) is 17.0. The Morgan fingerprint density at radius 1 is 0.980 bits per heavy atom. The van der Waals surface area contributed by atoms with Crippen molar-refractivity contribution in [1.82, 2.24) is 4.90 Å². The number of nitrogens with two attached hydrogens (primary N) is 1. The Morgan fingerprint density at radius 2 is 1.71 bits per heavy atom. The average Bonchev–Trinajstić information content (AvgIpc) is 3.38. The van der Waals surface area contributed by atoms with Crippen LogP contribution in [-0.2, 0) is 4.79 Å². The Kier molecular flexibility index (Phi) is 13.3. The van der Waals surface area contributed by atoms with Gasteiger partial charge in [0.05, 0.1) is 0 Å². The fourth-order valence-electron chi connectivity index (χ4n) is 12.7. The van der Waals surface area contributed by atoms with Gasteiger partial charge in [-0.1, -0.05) is 94.0 Å². The third-order valence-corrected chi connectivity index (χ3v) is 19.1. The Morgan fingerprint density at radius 3 is 2.39 bits per heavy atom. The molecule has 0 aromatic rings. The first kappa shape index (κ1) is 38.6. The van der Waals surface area contributed by atoms with Crippen LogP contribution >= 0.6 is 21.6 Å². The van der Waals surface area contributed by atoms with E-state index in [1.807, 2.05) is 16.4 Å². The summed E-state index contributed by atoms with van der Waals surface area (Å²) in [4.78, 5) is 15.7. The van der Waals surface area contributed by atoms with E-state index in [0.717, 1.165) is 96.6 Å². The minimum absolute atomic E-state index is 0.403. The zero-order valence-electron chi connectivity index (χ0n) is 32.7. The maximum Gasteiger partial charge on any atom is 0.223 e. The second-order valence-corrected chi connectivity index (χ2v) is 22.2. The molecule has 49 heavy (non-hydrogen) atoms. The summed E-state index contributed by atoms with van der Waals surface area (Å²) in [6.07, 6.45) is 28.0. The number of allylic oxidation sites excluding steroid dienone is 2. The van der Waals surface area contributed by atoms with E-state index in [1.54, 1.807) is 0 Å². The van der Waals surface area contributed by atoms with Crippen LogP contribution in [0, 0.1) is 64.1 Å². The van der Waals surface area contributed by atoms with Crippen molar-refractivity contribution >= 4 is 27.5 Å². The smallest absolute Gasteiger partial charge is 0.223 e. The summed E-state index contributed by atoms with van der Waals surface area (Å²) in [5.41, 5.74) is 8.91. The molecule has 2 N–H and O–H groups in total. The molecule has 0 heterocycles. The largest absolute Gasteiger partial charge is 0.343 e. The van der Waals surface area contributed by atoms with Gasteiger partial charge in [0.15, 0.2) is 0 Å². The molecular weight excluding hydrogens is 637 g/mol. The van der Waals surface area contributed by atoms with Crippen LogP contribution in [0.3, 0.4) is 0 Å². The topological polar surface area (TPSA) is 46.3 Å². The van der Waals surface area contributed by atoms with E-state index in [9.17, 15) is 4.79 Å². The van der Waals surface area contributed by atoms with Gasteiger partial charge in [-0.3, -0.25) is 4.79 Å². The van der Waals surface area contributed by atoms with Crippen LogP contribution < -0.4 is 5.73 Å². The van der Waals surface area contributed by atoms with Crippen LogP contribution in [0.25, 0.3) is 0 Å². The minimum atomic E-state index is 0.403. The van der Waals surface area contributed by atoms with E-state index in [4.69, 9.17) is 5.73 Å². The molecule has 0 saturated heterocycles. The number of rotatable bonds is 17. The summed E-state index contributed by atoms with van der Waals surface area (Å²) >= 11 is 0. The van der Waals surface area contributed by atoms with E-state index in [-0.39, 0.29) is 0 Å². The van der Waals surface area contributed by atoms with E-state index in [0.29, 0.717) is 29.2 Å². The zero-order valence-corrected chi connectivity index (χ0v) is 34.4. The molecule has 6 rings (SSSR count). The van der Waals surface area contributed by atoms with Gasteiger partial charge in [0.1, 0.15) is 0 Å². The first-order valence-electron chi connectivity index (χ1n) is 21.5. The second kappa shape index (κ2) is 16.9. The van der Waals surface area contributed by atoms with Gasteiger partial charge in [0.25, 0.3) is 0 Å². The molecule has 280 valence electrons. The van der Waals surface area contributed by atoms with Crippen LogP contribution in [0.5, 0.6) is 0 Å². The number of nitrogens with zero attached hydrogens (tertiary/aromatic N) is 1. The van der Waals surface area contributed by atoms with Crippen LogP contribution in [0.2, 0.25) is 0 Å². The zero-order chi connectivity index (χ0) is 34.8. The molecule has 0 bridgehead atoms. The SMILES string of the molecule is CCC(CCCC1CCC2C3CC=C4CC(SSCCC(=O)N(CCC5CC(C)C5)CCC5CC(N)C5)CCC4(C)C3CCC12C)C(C)C. The number of hydrogen-bond acceptors (Lipinski definition) is 4. The van der Waals surface area contributed by atoms with Crippen molar-refractivity contribution in [2.45, 2.75) is 175 Å². The Labute approximate surface area is 311 Å². The molecule has 0 aromatic carbocycles. The first-order valence-corrected chi connectivity index (χ1v) is 23.9. The number of hydrogen-bond donors (Lipinski definition) is 1. The van der Waals surface area contributed by atoms with Gasteiger partial charge in [-0.2, -0.15) is 0 Å². The van der Waals surface area contributed by atoms with Crippen molar-refractivity contribution in [2.24, 2.45) is 69.8 Å². The minimum Gasteiger partial charge on any atom is -0.343 e. The van der Waals surface area contributed by atoms with Gasteiger partial charge in [0, 0.05) is 36.6 Å². The molecule has 0 spiro atoms. The van der Waals surface area contributed by atoms with Gasteiger partial charge in [0.2, 0.25) is 5.91 Å². The molecule has 6 aliphatic rings. The highest BCUT2D eigenvalue weighted by Crippen LogP contribution is 2.67. The van der Waals surface area contributed by atoms with E-state index in [2.05, 4.69) is 63.3 Å². The number of carbonyl (C=O) groups is 1. The fourth-order valence-corrected chi connectivity index (χ4v) is 15.3. The summed E-state index contributed by atoms with van der Waals surface area (Å²) in [5, 5.41) is 0.720. The van der Waals surface area contributed by atoms with Crippen molar-refractivity contribution in [3.05, 3.63) is 11.6 Å². The van der Waals surface area contributed by atoms with Gasteiger partial charge in [-0.25, -0.2) is 0 Å². The van der Waals surface area contributed by atoms with Crippen LogP contribution in [0.15, 0.2) is 11.6 Å². The van der Waals surface area contributed by atoms with Crippen molar-refractivity contribution in [1.29, 1.82) is 0 Å². The summed E-state index contributed by atoms with van der Waals surface area (Å²) in [7, 11) is 4.11. The van der Waals surface area contributed by atoms with Gasteiger partial charge in [-0.15, -0.1) is 0 Å². The molecular formula is C44H76N2OS2. The van der Waals surface area contributed by atoms with Gasteiger partial charge < -0.3 is 10.6 Å². The summed E-state index contributed by atoms with van der Waals surface area (Å²) in [6, 6.07) is 0.407. The number of fused-ring (bicyclic) bond motifs is 5. The third-order valence-electron chi connectivity index (χ3n) is 16.2. The Hall–Kier alpha value is -0.130. The molecule has 8 atom stereocenters. The normalized spacial score (nSPS) is 40.4. The quantitative estimate of drug-likeness (QED) is 0.0926. The lowest BCUT2D eigenvalue weighted by Crippen LogP contribution is -2.50. The first-order chi connectivity index (χ1) is 23.5. The highest BCUT2D eigenvalue weighted by molar-refractivity contribution is 8.76. The fraction of sp³-hybridized carbons (Fsp3) is 0.932. The standard InChI is InChI=1S/C44H76N2OS2/c1-7-34(30(2)3)9-8-10-35-12-14-40-39-13-11-36-29-38(15-20-44(36,6)41(39)16-21-43(35,40)5)49-48-24-19-42(47)46(22-17-32-25-31(4)26-32)23-18-33-27-37(45)28-33/h11,30-35,37-41H,7-10,12-29,45H2,1-6H3. The number of amides is 1. The molecule has 5 fully saturated rings. The van der Waals surface area contributed by atoms with Crippen LogP contribution in [0.1, 0.15) is 164 Å².